The number of ether oxygens (including phenoxy) is 1. The molecule has 21 heavy (non-hydrogen) atoms. The van der Waals surface area contributed by atoms with Crippen LogP contribution in [0.4, 0.5) is 0 Å². The minimum atomic E-state index is -3.71. The van der Waals surface area contributed by atoms with Gasteiger partial charge in [0.2, 0.25) is 10.0 Å². The molecule has 1 aliphatic rings. The van der Waals surface area contributed by atoms with Crippen LogP contribution < -0.4 is 4.72 Å². The van der Waals surface area contributed by atoms with Gasteiger partial charge in [0.05, 0.1) is 22.8 Å². The summed E-state index contributed by atoms with van der Waals surface area (Å²) < 4.78 is 32.5. The average molecular weight is 329 g/mol. The number of nitrogens with one attached hydrogen (secondary N) is 1. The van der Waals surface area contributed by atoms with Crippen LogP contribution in [0.5, 0.6) is 0 Å². The Bertz CT molecular complexity index is 634. The zero-order valence-corrected chi connectivity index (χ0v) is 13.1. The highest BCUT2D eigenvalue weighted by atomic mass is 35.5. The van der Waals surface area contributed by atoms with E-state index in [4.69, 9.17) is 21.6 Å². The molecule has 1 aliphatic heterocycles. The fourth-order valence-electron chi connectivity index (χ4n) is 2.25. The summed E-state index contributed by atoms with van der Waals surface area (Å²) in [5.74, 6) is 0. The van der Waals surface area contributed by atoms with E-state index in [1.165, 1.54) is 18.2 Å². The highest BCUT2D eigenvalue weighted by Gasteiger charge is 2.20. The second-order valence-corrected chi connectivity index (χ2v) is 7.07. The molecule has 1 atom stereocenters. The maximum Gasteiger partial charge on any atom is 0.242 e. The number of rotatable bonds is 5. The molecule has 0 saturated carbocycles. The minimum Gasteiger partial charge on any atom is -0.378 e. The molecule has 1 N–H and O–H groups in total. The summed E-state index contributed by atoms with van der Waals surface area (Å²) in [5, 5.41) is 8.95. The molecule has 1 saturated heterocycles. The van der Waals surface area contributed by atoms with Crippen LogP contribution in [-0.4, -0.2) is 27.7 Å². The van der Waals surface area contributed by atoms with Crippen LogP contribution in [0.3, 0.4) is 0 Å². The molecule has 0 aromatic heterocycles. The zero-order valence-electron chi connectivity index (χ0n) is 11.5. The van der Waals surface area contributed by atoms with Crippen LogP contribution in [-0.2, 0) is 14.8 Å². The van der Waals surface area contributed by atoms with Crippen LogP contribution in [0.25, 0.3) is 0 Å². The van der Waals surface area contributed by atoms with Gasteiger partial charge in [0, 0.05) is 13.2 Å². The Morgan fingerprint density at radius 1 is 1.43 bits per heavy atom. The number of sulfonamides is 1. The Kier molecular flexibility index (Phi) is 5.59. The molecule has 114 valence electrons. The van der Waals surface area contributed by atoms with Crippen molar-refractivity contribution < 1.29 is 13.2 Å². The quantitative estimate of drug-likeness (QED) is 0.900. The molecule has 0 radical (unpaired) electrons. The van der Waals surface area contributed by atoms with E-state index in [9.17, 15) is 8.42 Å². The molecular formula is C14H17ClN2O3S. The van der Waals surface area contributed by atoms with Crippen LogP contribution >= 0.6 is 11.6 Å². The number of hydrogen-bond acceptors (Lipinski definition) is 4. The highest BCUT2D eigenvalue weighted by Crippen LogP contribution is 2.22. The van der Waals surface area contributed by atoms with Crippen molar-refractivity contribution in [1.29, 1.82) is 5.26 Å². The summed E-state index contributed by atoms with van der Waals surface area (Å²) >= 11 is 5.91. The summed E-state index contributed by atoms with van der Waals surface area (Å²) in [6.45, 7) is 1.04. The van der Waals surface area contributed by atoms with Crippen molar-refractivity contribution in [2.45, 2.75) is 36.7 Å². The molecule has 1 fully saturated rings. The maximum atomic E-state index is 12.2. The smallest absolute Gasteiger partial charge is 0.242 e. The third-order valence-electron chi connectivity index (χ3n) is 3.38. The van der Waals surface area contributed by atoms with Crippen LogP contribution in [0.15, 0.2) is 23.1 Å². The number of nitriles is 1. The van der Waals surface area contributed by atoms with E-state index < -0.39 is 10.0 Å². The van der Waals surface area contributed by atoms with Crippen molar-refractivity contribution in [3.63, 3.8) is 0 Å². The maximum absolute atomic E-state index is 12.2. The third-order valence-corrected chi connectivity index (χ3v) is 5.32. The summed E-state index contributed by atoms with van der Waals surface area (Å²) in [7, 11) is -3.71. The van der Waals surface area contributed by atoms with Crippen molar-refractivity contribution in [1.82, 2.24) is 4.72 Å². The predicted octanol–water partition coefficient (Wildman–Crippen LogP) is 2.45. The fraction of sp³-hybridized carbons (Fsp3) is 0.500. The van der Waals surface area contributed by atoms with Crippen LogP contribution in [0, 0.1) is 11.3 Å². The largest absolute Gasteiger partial charge is 0.378 e. The lowest BCUT2D eigenvalue weighted by Crippen LogP contribution is -2.29. The van der Waals surface area contributed by atoms with E-state index in [0.717, 1.165) is 25.9 Å². The zero-order chi connectivity index (χ0) is 15.3. The molecule has 0 spiro atoms. The van der Waals surface area contributed by atoms with Gasteiger partial charge in [0.25, 0.3) is 0 Å². The SMILES string of the molecule is N#Cc1ccc(Cl)c(S(=O)(=O)NCCC2CCCCO2)c1. The standard InChI is InChI=1S/C14H17ClN2O3S/c15-13-5-4-11(10-16)9-14(13)21(18,19)17-7-6-12-3-1-2-8-20-12/h4-5,9,12,17H,1-3,6-8H2. The van der Waals surface area contributed by atoms with Gasteiger partial charge >= 0.3 is 0 Å². The van der Waals surface area contributed by atoms with Gasteiger partial charge in [0.15, 0.2) is 0 Å². The lowest BCUT2D eigenvalue weighted by molar-refractivity contribution is 0.0123. The van der Waals surface area contributed by atoms with E-state index in [1.807, 2.05) is 6.07 Å². The molecule has 1 aromatic carbocycles. The van der Waals surface area contributed by atoms with Gasteiger partial charge in [-0.3, -0.25) is 0 Å². The van der Waals surface area contributed by atoms with Gasteiger partial charge in [-0.05, 0) is 43.9 Å². The molecule has 1 heterocycles. The van der Waals surface area contributed by atoms with Crippen molar-refractivity contribution in [3.8, 4) is 6.07 Å². The number of nitrogens with zero attached hydrogens (tertiary/aromatic N) is 1. The molecule has 5 nitrogen and oxygen atoms in total. The van der Waals surface area contributed by atoms with Gasteiger partial charge in [-0.15, -0.1) is 0 Å². The molecule has 1 unspecified atom stereocenters. The second-order valence-electron chi connectivity index (χ2n) is 4.93. The Labute approximate surface area is 129 Å². The highest BCUT2D eigenvalue weighted by molar-refractivity contribution is 7.89. The molecule has 2 rings (SSSR count). The summed E-state index contributed by atoms with van der Waals surface area (Å²) in [6, 6.07) is 6.08. The molecule has 7 heteroatoms. The van der Waals surface area contributed by atoms with E-state index in [1.54, 1.807) is 0 Å². The Morgan fingerprint density at radius 2 is 2.24 bits per heavy atom. The van der Waals surface area contributed by atoms with Crippen LogP contribution in [0.1, 0.15) is 31.2 Å². The summed E-state index contributed by atoms with van der Waals surface area (Å²) in [4.78, 5) is -0.0622. The molecule has 1 aromatic rings. The summed E-state index contributed by atoms with van der Waals surface area (Å²) in [6.07, 6.45) is 3.90. The number of hydrogen-bond donors (Lipinski definition) is 1. The van der Waals surface area contributed by atoms with Gasteiger partial charge in [-0.25, -0.2) is 13.1 Å². The monoisotopic (exact) mass is 328 g/mol. The lowest BCUT2D eigenvalue weighted by Gasteiger charge is -2.22. The van der Waals surface area contributed by atoms with E-state index in [0.29, 0.717) is 13.0 Å². The normalized spacial score (nSPS) is 19.1. The predicted molar refractivity (Wildman–Crippen MR) is 79.6 cm³/mol. The molecular weight excluding hydrogens is 312 g/mol. The summed E-state index contributed by atoms with van der Waals surface area (Å²) in [5.41, 5.74) is 0.260. The molecule has 0 aliphatic carbocycles. The first-order valence-corrected chi connectivity index (χ1v) is 8.70. The molecule has 0 bridgehead atoms. The molecule has 0 amide bonds. The Morgan fingerprint density at radius 3 is 2.90 bits per heavy atom. The average Bonchev–Trinajstić information content (AvgIpc) is 2.48. The third kappa shape index (κ3) is 4.42. The Balaban J connectivity index is 1.99. The lowest BCUT2D eigenvalue weighted by atomic mass is 10.1. The van der Waals surface area contributed by atoms with E-state index in [-0.39, 0.29) is 21.6 Å². The first-order chi connectivity index (χ1) is 10.0. The van der Waals surface area contributed by atoms with Gasteiger partial charge in [0.1, 0.15) is 4.90 Å². The minimum absolute atomic E-state index is 0.0622. The van der Waals surface area contributed by atoms with Gasteiger partial charge in [-0.2, -0.15) is 5.26 Å². The fourth-order valence-corrected chi connectivity index (χ4v) is 3.82. The van der Waals surface area contributed by atoms with Crippen molar-refractivity contribution in [3.05, 3.63) is 28.8 Å². The van der Waals surface area contributed by atoms with E-state index >= 15 is 0 Å². The van der Waals surface area contributed by atoms with Crippen molar-refractivity contribution in [2.24, 2.45) is 0 Å². The first kappa shape index (κ1) is 16.2. The Hall–Kier alpha value is -1.13. The number of halogens is 1. The van der Waals surface area contributed by atoms with E-state index in [2.05, 4.69) is 4.72 Å². The van der Waals surface area contributed by atoms with Gasteiger partial charge in [-0.1, -0.05) is 11.6 Å². The topological polar surface area (TPSA) is 79.2 Å². The number of benzene rings is 1. The van der Waals surface area contributed by atoms with Crippen molar-refractivity contribution in [2.75, 3.05) is 13.2 Å². The van der Waals surface area contributed by atoms with Crippen LogP contribution in [0.2, 0.25) is 5.02 Å². The van der Waals surface area contributed by atoms with Gasteiger partial charge < -0.3 is 4.74 Å². The second kappa shape index (κ2) is 7.23. The van der Waals surface area contributed by atoms with Crippen molar-refractivity contribution >= 4 is 21.6 Å². The first-order valence-electron chi connectivity index (χ1n) is 6.84.